The van der Waals surface area contributed by atoms with E-state index in [-0.39, 0.29) is 5.91 Å². The Hall–Kier alpha value is -2.89. The van der Waals surface area contributed by atoms with E-state index in [1.165, 1.54) is 19.3 Å². The Morgan fingerprint density at radius 2 is 1.89 bits per heavy atom. The van der Waals surface area contributed by atoms with Gasteiger partial charge >= 0.3 is 0 Å². The van der Waals surface area contributed by atoms with Crippen LogP contribution in [0.4, 0.5) is 5.82 Å². The standard InChI is InChI=1S/C21H25N5O/c27-21(24-20-13-14-22-26(20)19-9-5-2-6-10-19)12-11-17-15-23-25(16-17)18-7-3-1-4-8-18/h1,3-4,7-8,13-16,19H,2,5-6,9-12H2,(H,24,27). The second kappa shape index (κ2) is 8.20. The van der Waals surface area contributed by atoms with Crippen molar-refractivity contribution in [2.24, 2.45) is 0 Å². The highest BCUT2D eigenvalue weighted by Gasteiger charge is 2.19. The maximum absolute atomic E-state index is 12.4. The number of aromatic nitrogens is 4. The molecule has 1 amide bonds. The minimum atomic E-state index is 0.0139. The number of carbonyl (C=O) groups excluding carboxylic acids is 1. The number of rotatable bonds is 6. The summed E-state index contributed by atoms with van der Waals surface area (Å²) in [6, 6.07) is 12.3. The number of aryl methyl sites for hydroxylation is 1. The van der Waals surface area contributed by atoms with Crippen molar-refractivity contribution in [3.8, 4) is 5.69 Å². The molecule has 3 aromatic rings. The second-order valence-corrected chi connectivity index (χ2v) is 7.13. The topological polar surface area (TPSA) is 64.7 Å². The van der Waals surface area contributed by atoms with Crippen LogP contribution in [0.2, 0.25) is 0 Å². The molecule has 1 aliphatic carbocycles. The van der Waals surface area contributed by atoms with Crippen molar-refractivity contribution < 1.29 is 4.79 Å². The Labute approximate surface area is 159 Å². The van der Waals surface area contributed by atoms with Gasteiger partial charge in [-0.3, -0.25) is 4.79 Å². The van der Waals surface area contributed by atoms with Crippen LogP contribution < -0.4 is 5.32 Å². The van der Waals surface area contributed by atoms with Crippen LogP contribution in [0.5, 0.6) is 0 Å². The van der Waals surface area contributed by atoms with Gasteiger partial charge in [0.15, 0.2) is 0 Å². The van der Waals surface area contributed by atoms with Gasteiger partial charge in [-0.25, -0.2) is 9.36 Å². The normalized spacial score (nSPS) is 15.0. The zero-order valence-electron chi connectivity index (χ0n) is 15.4. The van der Waals surface area contributed by atoms with E-state index >= 15 is 0 Å². The van der Waals surface area contributed by atoms with Crippen LogP contribution in [0.1, 0.15) is 50.1 Å². The van der Waals surface area contributed by atoms with Gasteiger partial charge in [0.2, 0.25) is 5.91 Å². The zero-order chi connectivity index (χ0) is 18.5. The summed E-state index contributed by atoms with van der Waals surface area (Å²) < 4.78 is 3.83. The first-order valence-corrected chi connectivity index (χ1v) is 9.72. The lowest BCUT2D eigenvalue weighted by molar-refractivity contribution is -0.116. The van der Waals surface area contributed by atoms with E-state index in [0.717, 1.165) is 29.9 Å². The van der Waals surface area contributed by atoms with E-state index < -0.39 is 0 Å². The summed E-state index contributed by atoms with van der Waals surface area (Å²) in [6.07, 6.45) is 12.7. The number of anilines is 1. The van der Waals surface area contributed by atoms with Gasteiger partial charge in [0, 0.05) is 18.7 Å². The van der Waals surface area contributed by atoms with Gasteiger partial charge in [-0.05, 0) is 37.0 Å². The molecule has 0 atom stereocenters. The third kappa shape index (κ3) is 4.27. The molecule has 0 spiro atoms. The predicted octanol–water partition coefficient (Wildman–Crippen LogP) is 4.15. The second-order valence-electron chi connectivity index (χ2n) is 7.13. The van der Waals surface area contributed by atoms with Gasteiger partial charge in [0.1, 0.15) is 5.82 Å². The molecule has 27 heavy (non-hydrogen) atoms. The fourth-order valence-corrected chi connectivity index (χ4v) is 3.70. The zero-order valence-corrected chi connectivity index (χ0v) is 15.4. The first-order chi connectivity index (χ1) is 13.3. The summed E-state index contributed by atoms with van der Waals surface area (Å²) in [6.45, 7) is 0. The SMILES string of the molecule is O=C(CCc1cnn(-c2ccccc2)c1)Nc1ccnn1C1CCCCC1. The number of hydrogen-bond donors (Lipinski definition) is 1. The molecule has 1 saturated carbocycles. The Kier molecular flexibility index (Phi) is 5.32. The minimum absolute atomic E-state index is 0.0139. The van der Waals surface area contributed by atoms with Crippen LogP contribution >= 0.6 is 0 Å². The molecule has 6 nitrogen and oxygen atoms in total. The highest BCUT2D eigenvalue weighted by molar-refractivity contribution is 5.89. The van der Waals surface area contributed by atoms with E-state index in [1.807, 2.05) is 58.2 Å². The molecule has 2 aromatic heterocycles. The van der Waals surface area contributed by atoms with Crippen molar-refractivity contribution in [2.45, 2.75) is 51.0 Å². The lowest BCUT2D eigenvalue weighted by Crippen LogP contribution is -2.20. The number of nitrogens with one attached hydrogen (secondary N) is 1. The summed E-state index contributed by atoms with van der Waals surface area (Å²) in [4.78, 5) is 12.4. The van der Waals surface area contributed by atoms with Crippen molar-refractivity contribution in [3.05, 3.63) is 60.6 Å². The number of carbonyl (C=O) groups is 1. The molecule has 1 aliphatic rings. The molecule has 1 N–H and O–H groups in total. The lowest BCUT2D eigenvalue weighted by Gasteiger charge is -2.23. The largest absolute Gasteiger partial charge is 0.311 e. The molecule has 140 valence electrons. The summed E-state index contributed by atoms with van der Waals surface area (Å²) in [5.41, 5.74) is 2.07. The fraction of sp³-hybridized carbons (Fsp3) is 0.381. The summed E-state index contributed by atoms with van der Waals surface area (Å²) >= 11 is 0. The molecule has 1 fully saturated rings. The Morgan fingerprint density at radius 1 is 1.07 bits per heavy atom. The predicted molar refractivity (Wildman–Crippen MR) is 105 cm³/mol. The van der Waals surface area contributed by atoms with Crippen LogP contribution in [0.15, 0.2) is 55.0 Å². The van der Waals surface area contributed by atoms with Gasteiger partial charge in [-0.2, -0.15) is 10.2 Å². The molecule has 0 unspecified atom stereocenters. The molecule has 0 saturated heterocycles. The summed E-state index contributed by atoms with van der Waals surface area (Å²) in [7, 11) is 0. The third-order valence-electron chi connectivity index (χ3n) is 5.16. The van der Waals surface area contributed by atoms with Gasteiger partial charge in [0.05, 0.1) is 24.1 Å². The number of amides is 1. The van der Waals surface area contributed by atoms with Gasteiger partial charge in [-0.15, -0.1) is 0 Å². The first-order valence-electron chi connectivity index (χ1n) is 9.72. The third-order valence-corrected chi connectivity index (χ3v) is 5.16. The molecule has 6 heteroatoms. The van der Waals surface area contributed by atoms with Crippen LogP contribution in [-0.4, -0.2) is 25.5 Å². The Balaban J connectivity index is 1.33. The smallest absolute Gasteiger partial charge is 0.225 e. The molecule has 1 aromatic carbocycles. The van der Waals surface area contributed by atoms with E-state index in [1.54, 1.807) is 6.20 Å². The Morgan fingerprint density at radius 3 is 2.70 bits per heavy atom. The molecule has 0 radical (unpaired) electrons. The van der Waals surface area contributed by atoms with Gasteiger partial charge < -0.3 is 5.32 Å². The van der Waals surface area contributed by atoms with Crippen LogP contribution in [0, 0.1) is 0 Å². The minimum Gasteiger partial charge on any atom is -0.311 e. The molecule has 0 aliphatic heterocycles. The highest BCUT2D eigenvalue weighted by Crippen LogP contribution is 2.29. The van der Waals surface area contributed by atoms with Crippen molar-refractivity contribution in [3.63, 3.8) is 0 Å². The van der Waals surface area contributed by atoms with Crippen molar-refractivity contribution in [1.82, 2.24) is 19.6 Å². The van der Waals surface area contributed by atoms with Crippen molar-refractivity contribution in [1.29, 1.82) is 0 Å². The lowest BCUT2D eigenvalue weighted by atomic mass is 9.96. The van der Waals surface area contributed by atoms with Crippen LogP contribution in [-0.2, 0) is 11.2 Å². The monoisotopic (exact) mass is 363 g/mol. The maximum atomic E-state index is 12.4. The molecule has 4 rings (SSSR count). The first kappa shape index (κ1) is 17.5. The maximum Gasteiger partial charge on any atom is 0.225 e. The quantitative estimate of drug-likeness (QED) is 0.716. The molecular formula is C21H25N5O. The van der Waals surface area contributed by atoms with E-state index in [0.29, 0.717) is 18.9 Å². The summed E-state index contributed by atoms with van der Waals surface area (Å²) in [5.74, 6) is 0.826. The highest BCUT2D eigenvalue weighted by atomic mass is 16.1. The number of benzene rings is 1. The fourth-order valence-electron chi connectivity index (χ4n) is 3.70. The average molecular weight is 363 g/mol. The molecular weight excluding hydrogens is 338 g/mol. The average Bonchev–Trinajstić information content (AvgIpc) is 3.37. The van der Waals surface area contributed by atoms with Crippen molar-refractivity contribution in [2.75, 3.05) is 5.32 Å². The van der Waals surface area contributed by atoms with Crippen LogP contribution in [0.25, 0.3) is 5.69 Å². The number of hydrogen-bond acceptors (Lipinski definition) is 3. The summed E-state index contributed by atoms with van der Waals surface area (Å²) in [5, 5.41) is 11.9. The van der Waals surface area contributed by atoms with E-state index in [4.69, 9.17) is 0 Å². The molecule has 0 bridgehead atoms. The van der Waals surface area contributed by atoms with Crippen LogP contribution in [0.3, 0.4) is 0 Å². The number of para-hydroxylation sites is 1. The molecule has 2 heterocycles. The Bertz CT molecular complexity index is 877. The van der Waals surface area contributed by atoms with E-state index in [9.17, 15) is 4.79 Å². The number of nitrogens with zero attached hydrogens (tertiary/aromatic N) is 4. The van der Waals surface area contributed by atoms with E-state index in [2.05, 4.69) is 15.5 Å². The van der Waals surface area contributed by atoms with Gasteiger partial charge in [0.25, 0.3) is 0 Å². The van der Waals surface area contributed by atoms with Crippen molar-refractivity contribution >= 4 is 11.7 Å². The van der Waals surface area contributed by atoms with Gasteiger partial charge in [-0.1, -0.05) is 37.5 Å².